The molecule has 0 aliphatic carbocycles. The molecule has 0 aliphatic heterocycles. The molecule has 4 nitrogen and oxygen atoms in total. The molecule has 3 rings (SSSR count). The number of nitrogens with zero attached hydrogens (tertiary/aromatic N) is 2. The minimum Gasteiger partial charge on any atom is -0.423 e. The van der Waals surface area contributed by atoms with E-state index >= 15 is 0 Å². The first-order valence-corrected chi connectivity index (χ1v) is 6.96. The van der Waals surface area contributed by atoms with E-state index in [1.807, 2.05) is 49.4 Å². The number of hydrogen-bond acceptors (Lipinski definition) is 4. The van der Waals surface area contributed by atoms with Crippen LogP contribution in [0.1, 0.15) is 11.1 Å². The summed E-state index contributed by atoms with van der Waals surface area (Å²) in [5, 5.41) is 11.8. The number of aryl methyl sites for hydroxylation is 1. The Kier molecular flexibility index (Phi) is 3.88. The molecule has 0 spiro atoms. The van der Waals surface area contributed by atoms with E-state index in [0.717, 1.165) is 27.4 Å². The van der Waals surface area contributed by atoms with Gasteiger partial charge in [-0.25, -0.2) is 0 Å². The first-order chi connectivity index (χ1) is 10.2. The minimum atomic E-state index is 0.510. The van der Waals surface area contributed by atoms with Crippen LogP contribution in [0.15, 0.2) is 53.3 Å². The van der Waals surface area contributed by atoms with E-state index < -0.39 is 0 Å². The second-order valence-electron chi connectivity index (χ2n) is 4.72. The molecule has 0 aliphatic rings. The molecule has 1 N–H and O–H groups in total. The second kappa shape index (κ2) is 5.97. The molecule has 0 amide bonds. The number of halogens is 1. The summed E-state index contributed by atoms with van der Waals surface area (Å²) in [5.74, 6) is 0.510. The number of hydrogen-bond donors (Lipinski definition) is 1. The predicted molar refractivity (Wildman–Crippen MR) is 83.2 cm³/mol. The molecule has 0 fully saturated rings. The highest BCUT2D eigenvalue weighted by Crippen LogP contribution is 2.25. The molecular formula is C16H14ClN3O. The molecule has 106 valence electrons. The fourth-order valence-electron chi connectivity index (χ4n) is 2.08. The number of benzene rings is 2. The van der Waals surface area contributed by atoms with Gasteiger partial charge in [0.2, 0.25) is 12.3 Å². The lowest BCUT2D eigenvalue weighted by Gasteiger charge is -2.11. The van der Waals surface area contributed by atoms with Crippen LogP contribution in [0.3, 0.4) is 0 Å². The Balaban J connectivity index is 1.82. The molecule has 0 atom stereocenters. The van der Waals surface area contributed by atoms with Gasteiger partial charge in [0, 0.05) is 22.8 Å². The highest BCUT2D eigenvalue weighted by Gasteiger charge is 2.07. The van der Waals surface area contributed by atoms with Crippen LogP contribution in [-0.4, -0.2) is 10.2 Å². The quantitative estimate of drug-likeness (QED) is 0.780. The van der Waals surface area contributed by atoms with Crippen molar-refractivity contribution in [2.24, 2.45) is 0 Å². The highest BCUT2D eigenvalue weighted by atomic mass is 35.5. The standard InChI is InChI=1S/C16H14ClN3O/c1-11-6-7-12(16-20-19-10-21-16)8-15(11)18-9-13-4-2-3-5-14(13)17/h2-8,10,18H,9H2,1H3. The zero-order valence-corrected chi connectivity index (χ0v) is 12.3. The van der Waals surface area contributed by atoms with Gasteiger partial charge in [-0.2, -0.15) is 0 Å². The zero-order chi connectivity index (χ0) is 14.7. The lowest BCUT2D eigenvalue weighted by Crippen LogP contribution is -2.01. The van der Waals surface area contributed by atoms with Crippen LogP contribution < -0.4 is 5.32 Å². The topological polar surface area (TPSA) is 51.0 Å². The van der Waals surface area contributed by atoms with E-state index in [0.29, 0.717) is 12.4 Å². The van der Waals surface area contributed by atoms with Crippen LogP contribution in [0.5, 0.6) is 0 Å². The molecule has 0 unspecified atom stereocenters. The maximum Gasteiger partial charge on any atom is 0.247 e. The van der Waals surface area contributed by atoms with E-state index in [2.05, 4.69) is 15.5 Å². The van der Waals surface area contributed by atoms with Crippen molar-refractivity contribution in [1.82, 2.24) is 10.2 Å². The third kappa shape index (κ3) is 3.06. The van der Waals surface area contributed by atoms with Crippen molar-refractivity contribution >= 4 is 17.3 Å². The van der Waals surface area contributed by atoms with Crippen molar-refractivity contribution in [2.75, 3.05) is 5.32 Å². The summed E-state index contributed by atoms with van der Waals surface area (Å²) in [6, 6.07) is 13.8. The number of nitrogens with one attached hydrogen (secondary N) is 1. The maximum atomic E-state index is 6.17. The Morgan fingerprint density at radius 2 is 2.05 bits per heavy atom. The highest BCUT2D eigenvalue weighted by molar-refractivity contribution is 6.31. The average molecular weight is 300 g/mol. The van der Waals surface area contributed by atoms with Crippen LogP contribution >= 0.6 is 11.6 Å². The molecular weight excluding hydrogens is 286 g/mol. The maximum absolute atomic E-state index is 6.17. The van der Waals surface area contributed by atoms with Gasteiger partial charge in [0.25, 0.3) is 0 Å². The van der Waals surface area contributed by atoms with Crippen LogP contribution in [0, 0.1) is 6.92 Å². The first-order valence-electron chi connectivity index (χ1n) is 6.58. The van der Waals surface area contributed by atoms with Crippen LogP contribution in [-0.2, 0) is 6.54 Å². The van der Waals surface area contributed by atoms with Gasteiger partial charge in [0.05, 0.1) is 0 Å². The normalized spacial score (nSPS) is 10.6. The third-order valence-electron chi connectivity index (χ3n) is 3.27. The van der Waals surface area contributed by atoms with Crippen molar-refractivity contribution in [3.63, 3.8) is 0 Å². The molecule has 0 radical (unpaired) electrons. The van der Waals surface area contributed by atoms with Crippen molar-refractivity contribution in [2.45, 2.75) is 13.5 Å². The van der Waals surface area contributed by atoms with Crippen LogP contribution in [0.25, 0.3) is 11.5 Å². The van der Waals surface area contributed by atoms with Gasteiger partial charge >= 0.3 is 0 Å². The van der Waals surface area contributed by atoms with Crippen molar-refractivity contribution < 1.29 is 4.42 Å². The van der Waals surface area contributed by atoms with E-state index in [-0.39, 0.29) is 0 Å². The Labute approximate surface area is 127 Å². The first kappa shape index (κ1) is 13.6. The summed E-state index contributed by atoms with van der Waals surface area (Å²) in [5.41, 5.74) is 4.11. The lowest BCUT2D eigenvalue weighted by atomic mass is 10.1. The van der Waals surface area contributed by atoms with Crippen molar-refractivity contribution in [3.8, 4) is 11.5 Å². The Morgan fingerprint density at radius 1 is 1.19 bits per heavy atom. The predicted octanol–water partition coefficient (Wildman–Crippen LogP) is 4.31. The van der Waals surface area contributed by atoms with Gasteiger partial charge in [0.1, 0.15) is 0 Å². The van der Waals surface area contributed by atoms with E-state index in [9.17, 15) is 0 Å². The van der Waals surface area contributed by atoms with Gasteiger partial charge in [-0.05, 0) is 36.2 Å². The summed E-state index contributed by atoms with van der Waals surface area (Å²) in [6.07, 6.45) is 1.33. The average Bonchev–Trinajstić information content (AvgIpc) is 3.02. The molecule has 21 heavy (non-hydrogen) atoms. The monoisotopic (exact) mass is 299 g/mol. The summed E-state index contributed by atoms with van der Waals surface area (Å²) in [4.78, 5) is 0. The van der Waals surface area contributed by atoms with Gasteiger partial charge in [0.15, 0.2) is 0 Å². The molecule has 0 saturated heterocycles. The van der Waals surface area contributed by atoms with Gasteiger partial charge in [-0.15, -0.1) is 10.2 Å². The molecule has 3 aromatic rings. The smallest absolute Gasteiger partial charge is 0.247 e. The van der Waals surface area contributed by atoms with Crippen molar-refractivity contribution in [3.05, 3.63) is 65.0 Å². The Hall–Kier alpha value is -2.33. The number of aromatic nitrogens is 2. The second-order valence-corrected chi connectivity index (χ2v) is 5.13. The third-order valence-corrected chi connectivity index (χ3v) is 3.64. The Morgan fingerprint density at radius 3 is 2.81 bits per heavy atom. The van der Waals surface area contributed by atoms with Gasteiger partial charge in [-0.3, -0.25) is 0 Å². The van der Waals surface area contributed by atoms with E-state index in [1.54, 1.807) is 0 Å². The number of anilines is 1. The lowest BCUT2D eigenvalue weighted by molar-refractivity contribution is 0.568. The Bertz CT molecular complexity index is 741. The molecule has 5 heteroatoms. The van der Waals surface area contributed by atoms with E-state index in [1.165, 1.54) is 6.39 Å². The summed E-state index contributed by atoms with van der Waals surface area (Å²) < 4.78 is 5.23. The van der Waals surface area contributed by atoms with Crippen LogP contribution in [0.2, 0.25) is 5.02 Å². The van der Waals surface area contributed by atoms with Crippen molar-refractivity contribution in [1.29, 1.82) is 0 Å². The van der Waals surface area contributed by atoms with Crippen LogP contribution in [0.4, 0.5) is 5.69 Å². The molecule has 0 saturated carbocycles. The molecule has 1 aromatic heterocycles. The summed E-state index contributed by atoms with van der Waals surface area (Å²) >= 11 is 6.17. The molecule has 1 heterocycles. The SMILES string of the molecule is Cc1ccc(-c2nnco2)cc1NCc1ccccc1Cl. The van der Waals surface area contributed by atoms with E-state index in [4.69, 9.17) is 16.0 Å². The van der Waals surface area contributed by atoms with Gasteiger partial charge < -0.3 is 9.73 Å². The molecule has 2 aromatic carbocycles. The largest absolute Gasteiger partial charge is 0.423 e. The number of rotatable bonds is 4. The summed E-state index contributed by atoms with van der Waals surface area (Å²) in [6.45, 7) is 2.71. The summed E-state index contributed by atoms with van der Waals surface area (Å²) in [7, 11) is 0. The fourth-order valence-corrected chi connectivity index (χ4v) is 2.28. The minimum absolute atomic E-state index is 0.510. The van der Waals surface area contributed by atoms with Gasteiger partial charge in [-0.1, -0.05) is 35.9 Å². The zero-order valence-electron chi connectivity index (χ0n) is 11.5. The fraction of sp³-hybridized carbons (Fsp3) is 0.125. The molecule has 0 bridgehead atoms.